The molecule has 15 heteroatoms. The number of benzene rings is 2. The summed E-state index contributed by atoms with van der Waals surface area (Å²) < 4.78 is 27.3. The van der Waals surface area contributed by atoms with Crippen LogP contribution in [-0.2, 0) is 28.5 Å². The SMILES string of the molecule is COCCOCCOCCOc1c(NC(=O)[C@H]2C[C@H](NC(=O)c3cc(C)cc(NC(=O)C4C[C@H](NC(=O)OC(C)(C)C)[C@@H](C)C[C@H]4C)c3)[C@@H](C)C[C@H]2C)cc(C)cc1C(=O)O. The van der Waals surface area contributed by atoms with Gasteiger partial charge in [-0.1, -0.05) is 27.7 Å². The van der Waals surface area contributed by atoms with E-state index >= 15 is 0 Å². The molecule has 2 aliphatic rings. The van der Waals surface area contributed by atoms with Gasteiger partial charge in [-0.25, -0.2) is 9.59 Å². The number of alkyl carbamates (subject to hydrolysis) is 1. The maximum Gasteiger partial charge on any atom is 0.407 e. The van der Waals surface area contributed by atoms with E-state index in [1.54, 1.807) is 32.2 Å². The fraction of sp³-hybridized carbons (Fsp3) is 0.630. The summed E-state index contributed by atoms with van der Waals surface area (Å²) in [6.45, 7) is 19.0. The zero-order valence-electron chi connectivity index (χ0n) is 37.6. The number of hydrogen-bond acceptors (Lipinski definition) is 10. The second-order valence-corrected chi connectivity index (χ2v) is 18.0. The average Bonchev–Trinajstić information content (AvgIpc) is 3.15. The lowest BCUT2D eigenvalue weighted by atomic mass is 9.72. The van der Waals surface area contributed by atoms with Gasteiger partial charge in [-0.15, -0.1) is 0 Å². The van der Waals surface area contributed by atoms with Gasteiger partial charge in [0.05, 0.1) is 38.7 Å². The zero-order valence-corrected chi connectivity index (χ0v) is 37.6. The number of methoxy groups -OCH3 is 1. The highest BCUT2D eigenvalue weighted by Gasteiger charge is 2.40. The highest BCUT2D eigenvalue weighted by atomic mass is 16.6. The number of carbonyl (C=O) groups is 5. The van der Waals surface area contributed by atoms with Crippen LogP contribution in [-0.4, -0.2) is 99.3 Å². The van der Waals surface area contributed by atoms with E-state index < -0.39 is 23.6 Å². The van der Waals surface area contributed by atoms with Crippen LogP contribution < -0.4 is 26.0 Å². The lowest BCUT2D eigenvalue weighted by molar-refractivity contribution is -0.123. The van der Waals surface area contributed by atoms with E-state index in [2.05, 4.69) is 28.2 Å². The smallest absolute Gasteiger partial charge is 0.407 e. The van der Waals surface area contributed by atoms with E-state index in [1.807, 2.05) is 54.5 Å². The lowest BCUT2D eigenvalue weighted by Gasteiger charge is -2.38. The number of aromatic carboxylic acids is 1. The Bertz CT molecular complexity index is 1850. The standard InChI is InChI=1S/C46H68N4O11/c1-26-17-32(23-33(18-26)47-42(52)34-25-38(31(6)22-28(34)3)50-45(56)61-46(7,8)9)41(51)48-37-24-35(29(4)21-30(37)5)43(53)49-39-20-27(2)19-36(44(54)55)40(39)60-16-15-59-14-13-58-12-11-57-10/h17-20,23,28-31,34-35,37-38H,11-16,21-22,24-25H2,1-10H3,(H,47,52)(H,48,51)(H,49,53)(H,50,56)(H,54,55)/t28-,29-,30+,31+,34?,35+,37+,38+/m1/s1. The normalized spacial score (nSPS) is 24.0. The van der Waals surface area contributed by atoms with Gasteiger partial charge < -0.3 is 50.1 Å². The Kier molecular flexibility index (Phi) is 18.0. The Balaban J connectivity index is 1.41. The van der Waals surface area contributed by atoms with Crippen molar-refractivity contribution < 1.29 is 52.8 Å². The highest BCUT2D eigenvalue weighted by molar-refractivity contribution is 6.00. The number of carboxylic acid groups (broad SMARTS) is 1. The molecule has 2 fully saturated rings. The Morgan fingerprint density at radius 3 is 1.79 bits per heavy atom. The van der Waals surface area contributed by atoms with E-state index in [1.165, 1.54) is 6.07 Å². The summed E-state index contributed by atoms with van der Waals surface area (Å²) in [5, 5.41) is 22.1. The Morgan fingerprint density at radius 1 is 0.672 bits per heavy atom. The molecule has 0 bridgehead atoms. The van der Waals surface area contributed by atoms with Crippen LogP contribution >= 0.6 is 0 Å². The number of amides is 4. The molecule has 0 saturated heterocycles. The van der Waals surface area contributed by atoms with Crippen LogP contribution in [0.5, 0.6) is 5.75 Å². The van der Waals surface area contributed by atoms with Crippen molar-refractivity contribution in [2.45, 2.75) is 106 Å². The first-order valence-electron chi connectivity index (χ1n) is 21.4. The molecule has 0 aliphatic heterocycles. The third-order valence-corrected chi connectivity index (χ3v) is 11.5. The summed E-state index contributed by atoms with van der Waals surface area (Å²) in [6, 6.07) is 7.86. The van der Waals surface area contributed by atoms with E-state index in [9.17, 15) is 29.1 Å². The molecule has 0 aromatic heterocycles. The van der Waals surface area contributed by atoms with Gasteiger partial charge in [0.1, 0.15) is 17.8 Å². The topological polar surface area (TPSA) is 200 Å². The van der Waals surface area contributed by atoms with Crippen molar-refractivity contribution in [3.05, 3.63) is 52.6 Å². The van der Waals surface area contributed by atoms with Gasteiger partial charge in [0.15, 0.2) is 5.75 Å². The summed E-state index contributed by atoms with van der Waals surface area (Å²) in [5.74, 6) is -2.54. The number of ether oxygens (including phenoxy) is 5. The number of carbonyl (C=O) groups excluding carboxylic acids is 4. The summed E-state index contributed by atoms with van der Waals surface area (Å²) in [6.07, 6.45) is 1.74. The van der Waals surface area contributed by atoms with Gasteiger partial charge in [-0.3, -0.25) is 14.4 Å². The molecule has 2 aliphatic carbocycles. The maximum atomic E-state index is 14.0. The van der Waals surface area contributed by atoms with Gasteiger partial charge >= 0.3 is 12.1 Å². The van der Waals surface area contributed by atoms with Crippen molar-refractivity contribution in [1.29, 1.82) is 0 Å². The molecular formula is C46H68N4O11. The van der Waals surface area contributed by atoms with Crippen LogP contribution in [0.2, 0.25) is 0 Å². The number of carboxylic acids is 1. The third-order valence-electron chi connectivity index (χ3n) is 11.5. The molecule has 2 aromatic carbocycles. The molecule has 2 aromatic rings. The number of aryl methyl sites for hydroxylation is 2. The molecule has 2 saturated carbocycles. The van der Waals surface area contributed by atoms with Gasteiger partial charge in [0, 0.05) is 42.3 Å². The summed E-state index contributed by atoms with van der Waals surface area (Å²) in [5.41, 5.74) is 1.83. The van der Waals surface area contributed by atoms with E-state index in [-0.39, 0.29) is 89.6 Å². The van der Waals surface area contributed by atoms with Crippen LogP contribution in [0, 0.1) is 49.4 Å². The number of rotatable bonds is 18. The van der Waals surface area contributed by atoms with Crippen molar-refractivity contribution in [1.82, 2.24) is 10.6 Å². The third kappa shape index (κ3) is 14.7. The van der Waals surface area contributed by atoms with Gasteiger partial charge in [0.2, 0.25) is 11.8 Å². The molecule has 8 atom stereocenters. The number of nitrogens with one attached hydrogen (secondary N) is 4. The molecule has 0 spiro atoms. The summed E-state index contributed by atoms with van der Waals surface area (Å²) >= 11 is 0. The molecule has 5 N–H and O–H groups in total. The molecule has 15 nitrogen and oxygen atoms in total. The monoisotopic (exact) mass is 852 g/mol. The molecule has 1 unspecified atom stereocenters. The predicted molar refractivity (Wildman–Crippen MR) is 232 cm³/mol. The highest BCUT2D eigenvalue weighted by Crippen LogP contribution is 2.38. The van der Waals surface area contributed by atoms with Gasteiger partial charge in [-0.05, 0) is 125 Å². The minimum absolute atomic E-state index is 0.0272. The van der Waals surface area contributed by atoms with Crippen LogP contribution in [0.1, 0.15) is 106 Å². The van der Waals surface area contributed by atoms with Crippen molar-refractivity contribution in [3.63, 3.8) is 0 Å². The molecule has 61 heavy (non-hydrogen) atoms. The van der Waals surface area contributed by atoms with Gasteiger partial charge in [0.25, 0.3) is 5.91 Å². The minimum atomic E-state index is -1.19. The summed E-state index contributed by atoms with van der Waals surface area (Å²) in [4.78, 5) is 66.5. The maximum absolute atomic E-state index is 14.0. The van der Waals surface area contributed by atoms with E-state index in [4.69, 9.17) is 23.7 Å². The molecule has 338 valence electrons. The number of anilines is 2. The molecule has 4 amide bonds. The van der Waals surface area contributed by atoms with Crippen LogP contribution in [0.4, 0.5) is 16.2 Å². The van der Waals surface area contributed by atoms with E-state index in [0.717, 1.165) is 12.0 Å². The molecule has 0 heterocycles. The van der Waals surface area contributed by atoms with Crippen molar-refractivity contribution >= 4 is 41.2 Å². The van der Waals surface area contributed by atoms with Crippen molar-refractivity contribution in [2.75, 3.05) is 57.4 Å². The van der Waals surface area contributed by atoms with E-state index in [0.29, 0.717) is 62.5 Å². The fourth-order valence-electron chi connectivity index (χ4n) is 8.44. The summed E-state index contributed by atoms with van der Waals surface area (Å²) in [7, 11) is 1.59. The fourth-order valence-corrected chi connectivity index (χ4v) is 8.44. The zero-order chi connectivity index (χ0) is 45.0. The molecule has 4 rings (SSSR count). The predicted octanol–water partition coefficient (Wildman–Crippen LogP) is 6.99. The first-order valence-corrected chi connectivity index (χ1v) is 21.4. The largest absolute Gasteiger partial charge is 0.488 e. The average molecular weight is 853 g/mol. The van der Waals surface area contributed by atoms with Crippen LogP contribution in [0.15, 0.2) is 30.3 Å². The Labute approximate surface area is 360 Å². The quantitative estimate of drug-likeness (QED) is 0.0969. The van der Waals surface area contributed by atoms with Crippen molar-refractivity contribution in [3.8, 4) is 5.75 Å². The first-order chi connectivity index (χ1) is 28.8. The first kappa shape index (κ1) is 48.9. The second kappa shape index (κ2) is 22.4. The Morgan fingerprint density at radius 2 is 1.21 bits per heavy atom. The lowest BCUT2D eigenvalue weighted by Crippen LogP contribution is -2.49. The molecule has 0 radical (unpaired) electrons. The second-order valence-electron chi connectivity index (χ2n) is 18.0. The van der Waals surface area contributed by atoms with Gasteiger partial charge in [-0.2, -0.15) is 0 Å². The Hall–Kier alpha value is -4.73. The van der Waals surface area contributed by atoms with Crippen LogP contribution in [0.3, 0.4) is 0 Å². The van der Waals surface area contributed by atoms with Crippen LogP contribution in [0.25, 0.3) is 0 Å². The molecular weight excluding hydrogens is 785 g/mol. The minimum Gasteiger partial charge on any atom is -0.488 e. The number of hydrogen-bond donors (Lipinski definition) is 5. The van der Waals surface area contributed by atoms with Crippen molar-refractivity contribution in [2.24, 2.45) is 35.5 Å².